The molecule has 4 aromatic rings. The molecule has 0 aliphatic rings. The third-order valence-electron chi connectivity index (χ3n) is 4.78. The quantitative estimate of drug-likeness (QED) is 0.360. The maximum absolute atomic E-state index is 12.3. The Kier molecular flexibility index (Phi) is 4.88. The van der Waals surface area contributed by atoms with Crippen molar-refractivity contribution in [2.75, 3.05) is 5.73 Å². The monoisotopic (exact) mass is 392 g/mol. The molecule has 0 saturated heterocycles. The predicted molar refractivity (Wildman–Crippen MR) is 112 cm³/mol. The first-order chi connectivity index (χ1) is 13.5. The highest BCUT2D eigenvalue weighted by molar-refractivity contribution is 7.11. The van der Waals surface area contributed by atoms with E-state index in [9.17, 15) is 4.79 Å². The molecular weight excluding hydrogens is 372 g/mol. The van der Waals surface area contributed by atoms with E-state index in [2.05, 4.69) is 11.9 Å². The van der Waals surface area contributed by atoms with E-state index in [4.69, 9.17) is 14.9 Å². The maximum atomic E-state index is 12.3. The number of nitrogens with zero attached hydrogens (tertiary/aromatic N) is 1. The van der Waals surface area contributed by atoms with Crippen molar-refractivity contribution >= 4 is 28.0 Å². The normalized spacial score (nSPS) is 12.2. The van der Waals surface area contributed by atoms with Gasteiger partial charge in [-0.25, -0.2) is 9.78 Å². The summed E-state index contributed by atoms with van der Waals surface area (Å²) in [5.41, 5.74) is 9.76. The van der Waals surface area contributed by atoms with Crippen LogP contribution in [-0.2, 0) is 0 Å². The number of hydrogen-bond acceptors (Lipinski definition) is 6. The Balaban J connectivity index is 1.86. The summed E-state index contributed by atoms with van der Waals surface area (Å²) in [5, 5.41) is 3.30. The summed E-state index contributed by atoms with van der Waals surface area (Å²) < 4.78 is 11.3. The van der Waals surface area contributed by atoms with Crippen molar-refractivity contribution in [1.82, 2.24) is 4.98 Å². The van der Waals surface area contributed by atoms with Crippen molar-refractivity contribution in [1.29, 1.82) is 0 Å². The molecule has 2 aromatic heterocycles. The fraction of sp³-hybridized carbons (Fsp3) is 0.182. The topological polar surface area (TPSA) is 78.4 Å². The van der Waals surface area contributed by atoms with Gasteiger partial charge in [-0.3, -0.25) is 0 Å². The van der Waals surface area contributed by atoms with Crippen LogP contribution in [0.1, 0.15) is 36.0 Å². The molecular formula is C22H20N2O3S. The summed E-state index contributed by atoms with van der Waals surface area (Å²) in [6.45, 7) is 4.07. The Morgan fingerprint density at radius 2 is 2.11 bits per heavy atom. The fourth-order valence-corrected chi connectivity index (χ4v) is 3.98. The number of fused-ring (bicyclic) bond motifs is 1. The maximum Gasteiger partial charge on any atom is 0.336 e. The van der Waals surface area contributed by atoms with Crippen molar-refractivity contribution < 1.29 is 9.15 Å². The van der Waals surface area contributed by atoms with E-state index in [1.165, 1.54) is 11.3 Å². The highest BCUT2D eigenvalue weighted by Gasteiger charge is 2.19. The Morgan fingerprint density at radius 1 is 1.25 bits per heavy atom. The summed E-state index contributed by atoms with van der Waals surface area (Å²) in [4.78, 5) is 16.4. The standard InChI is InChI=1S/C22H20N2O3S/c1-3-16(14-5-4-6-15(23)10-14)17-11-21(25)26-20-12-19(13(2)9-18(17)20)27-22-24-7-8-28-22/h4-12,16H,3,23H2,1-2H3. The van der Waals surface area contributed by atoms with E-state index >= 15 is 0 Å². The van der Waals surface area contributed by atoms with E-state index < -0.39 is 0 Å². The number of hydrogen-bond donors (Lipinski definition) is 1. The molecule has 2 N–H and O–H groups in total. The Morgan fingerprint density at radius 3 is 2.82 bits per heavy atom. The van der Waals surface area contributed by atoms with Crippen LogP contribution in [-0.4, -0.2) is 4.98 Å². The molecule has 0 radical (unpaired) electrons. The smallest absolute Gasteiger partial charge is 0.336 e. The van der Waals surface area contributed by atoms with Gasteiger partial charge in [0.05, 0.1) is 0 Å². The number of rotatable bonds is 5. The van der Waals surface area contributed by atoms with Crippen molar-refractivity contribution in [2.45, 2.75) is 26.2 Å². The van der Waals surface area contributed by atoms with Crippen LogP contribution >= 0.6 is 11.3 Å². The summed E-state index contributed by atoms with van der Waals surface area (Å²) >= 11 is 1.41. The lowest BCUT2D eigenvalue weighted by Crippen LogP contribution is -2.07. The molecule has 0 spiro atoms. The average Bonchev–Trinajstić information content (AvgIpc) is 3.17. The number of thiazole rings is 1. The second-order valence-electron chi connectivity index (χ2n) is 6.67. The molecule has 5 nitrogen and oxygen atoms in total. The minimum absolute atomic E-state index is 0.0419. The summed E-state index contributed by atoms with van der Waals surface area (Å²) in [6.07, 6.45) is 2.52. The molecule has 0 aliphatic carbocycles. The van der Waals surface area contributed by atoms with Gasteiger partial charge in [0.15, 0.2) is 0 Å². The lowest BCUT2D eigenvalue weighted by molar-refractivity contribution is 0.473. The zero-order valence-electron chi connectivity index (χ0n) is 15.6. The van der Waals surface area contributed by atoms with Crippen molar-refractivity contribution in [3.8, 4) is 10.9 Å². The number of nitrogen functional groups attached to an aromatic ring is 1. The molecule has 0 aliphatic heterocycles. The van der Waals surface area contributed by atoms with Crippen LogP contribution in [0.25, 0.3) is 11.0 Å². The van der Waals surface area contributed by atoms with Gasteiger partial charge in [-0.2, -0.15) is 0 Å². The van der Waals surface area contributed by atoms with Crippen LogP contribution in [0.2, 0.25) is 0 Å². The van der Waals surface area contributed by atoms with Gasteiger partial charge in [-0.1, -0.05) is 30.4 Å². The van der Waals surface area contributed by atoms with Crippen LogP contribution in [0.3, 0.4) is 0 Å². The average molecular weight is 392 g/mol. The first-order valence-electron chi connectivity index (χ1n) is 9.06. The number of aryl methyl sites for hydroxylation is 1. The first kappa shape index (κ1) is 18.3. The highest BCUT2D eigenvalue weighted by Crippen LogP contribution is 2.36. The van der Waals surface area contributed by atoms with Crippen molar-refractivity contribution in [3.63, 3.8) is 0 Å². The molecule has 1 atom stereocenters. The van der Waals surface area contributed by atoms with Crippen LogP contribution < -0.4 is 16.1 Å². The molecule has 0 amide bonds. The summed E-state index contributed by atoms with van der Waals surface area (Å²) in [7, 11) is 0. The Hall–Kier alpha value is -3.12. The van der Waals surface area contributed by atoms with E-state index in [0.717, 1.165) is 28.5 Å². The summed E-state index contributed by atoms with van der Waals surface area (Å²) in [6, 6.07) is 13.2. The van der Waals surface area contributed by atoms with Gasteiger partial charge in [0.2, 0.25) is 0 Å². The number of ether oxygens (including phenoxy) is 1. The SMILES string of the molecule is CCC(c1cccc(N)c1)c1cc(=O)oc2cc(Oc3nccs3)c(C)cc12. The van der Waals surface area contributed by atoms with Gasteiger partial charge in [-0.05, 0) is 48.2 Å². The van der Waals surface area contributed by atoms with E-state index in [1.807, 2.05) is 42.6 Å². The van der Waals surface area contributed by atoms with Crippen LogP contribution in [0.15, 0.2) is 63.3 Å². The van der Waals surface area contributed by atoms with Crippen molar-refractivity contribution in [3.05, 3.63) is 81.2 Å². The van der Waals surface area contributed by atoms with Crippen LogP contribution in [0.4, 0.5) is 5.69 Å². The minimum atomic E-state index is -0.381. The minimum Gasteiger partial charge on any atom is -0.430 e. The number of anilines is 1. The van der Waals surface area contributed by atoms with Crippen molar-refractivity contribution in [2.24, 2.45) is 0 Å². The molecule has 0 fully saturated rings. The third kappa shape index (κ3) is 3.51. The van der Waals surface area contributed by atoms with Gasteiger partial charge in [-0.15, -0.1) is 0 Å². The predicted octanol–water partition coefficient (Wildman–Crippen LogP) is 5.47. The van der Waals surface area contributed by atoms with Crippen LogP contribution in [0, 0.1) is 6.92 Å². The lowest BCUT2D eigenvalue weighted by atomic mass is 9.87. The van der Waals surface area contributed by atoms with Gasteiger partial charge in [0.25, 0.3) is 5.19 Å². The van der Waals surface area contributed by atoms with Gasteiger partial charge in [0.1, 0.15) is 11.3 Å². The number of nitrogens with two attached hydrogens (primary N) is 1. The first-order valence-corrected chi connectivity index (χ1v) is 9.94. The zero-order valence-corrected chi connectivity index (χ0v) is 16.5. The molecule has 6 heteroatoms. The number of benzene rings is 2. The molecule has 1 unspecified atom stereocenters. The Labute approximate surface area is 166 Å². The fourth-order valence-electron chi connectivity index (χ4n) is 3.49. The van der Waals surface area contributed by atoms with Gasteiger partial charge < -0.3 is 14.9 Å². The molecule has 0 saturated carbocycles. The molecule has 2 aromatic carbocycles. The van der Waals surface area contributed by atoms with Crippen LogP contribution in [0.5, 0.6) is 10.9 Å². The van der Waals surface area contributed by atoms with E-state index in [0.29, 0.717) is 22.2 Å². The molecule has 2 heterocycles. The zero-order chi connectivity index (χ0) is 19.7. The molecule has 142 valence electrons. The Bertz CT molecular complexity index is 1180. The molecule has 4 rings (SSSR count). The third-order valence-corrected chi connectivity index (χ3v) is 5.42. The second kappa shape index (κ2) is 7.48. The largest absolute Gasteiger partial charge is 0.430 e. The number of aromatic nitrogens is 1. The second-order valence-corrected chi connectivity index (χ2v) is 7.52. The molecule has 0 bridgehead atoms. The van der Waals surface area contributed by atoms with E-state index in [1.54, 1.807) is 18.3 Å². The summed E-state index contributed by atoms with van der Waals surface area (Å²) in [5.74, 6) is 0.667. The van der Waals surface area contributed by atoms with Gasteiger partial charge in [0, 0.05) is 40.7 Å². The highest BCUT2D eigenvalue weighted by atomic mass is 32.1. The molecule has 28 heavy (non-hydrogen) atoms. The van der Waals surface area contributed by atoms with E-state index in [-0.39, 0.29) is 11.5 Å². The lowest BCUT2D eigenvalue weighted by Gasteiger charge is -2.19. The van der Waals surface area contributed by atoms with Gasteiger partial charge >= 0.3 is 5.63 Å².